The molecular formula is C20H27N3O4. The van der Waals surface area contributed by atoms with Crippen molar-refractivity contribution in [3.05, 3.63) is 30.2 Å². The number of para-hydroxylation sites is 1. The second-order valence-corrected chi connectivity index (χ2v) is 7.63. The normalized spacial score (nSPS) is 15.6. The zero-order valence-electron chi connectivity index (χ0n) is 16.4. The topological polar surface area (TPSA) is 77.7 Å². The Morgan fingerprint density at radius 2 is 1.96 bits per heavy atom. The number of benzene rings is 1. The Bertz CT molecular complexity index is 774. The van der Waals surface area contributed by atoms with Crippen LogP contribution >= 0.6 is 0 Å². The highest BCUT2D eigenvalue weighted by Gasteiger charge is 2.30. The zero-order chi connectivity index (χ0) is 19.4. The molecule has 0 atom stereocenters. The maximum Gasteiger partial charge on any atom is 0.410 e. The van der Waals surface area contributed by atoms with Crippen LogP contribution in [-0.2, 0) is 4.74 Å². The molecule has 1 aromatic heterocycles. The summed E-state index contributed by atoms with van der Waals surface area (Å²) >= 11 is 0. The minimum Gasteiger partial charge on any atom is -0.493 e. The zero-order valence-corrected chi connectivity index (χ0v) is 16.4. The maximum atomic E-state index is 12.2. The summed E-state index contributed by atoms with van der Waals surface area (Å²) in [6, 6.07) is 7.66. The average molecular weight is 373 g/mol. The standard InChI is InChI=1S/C20H27N3O4/c1-5-25-16-9-7-6-8-15(16)17-21-18(27-22-17)14-10-12-23(13-11-14)19(24)26-20(2,3)4/h6-9,14H,5,10-13H2,1-4H3. The molecule has 146 valence electrons. The number of likely N-dealkylation sites (tertiary alicyclic amines) is 1. The van der Waals surface area contributed by atoms with Crippen LogP contribution in [0.15, 0.2) is 28.8 Å². The summed E-state index contributed by atoms with van der Waals surface area (Å²) in [5.74, 6) is 2.03. The summed E-state index contributed by atoms with van der Waals surface area (Å²) in [4.78, 5) is 18.5. The minimum absolute atomic E-state index is 0.143. The Labute approximate surface area is 159 Å². The Morgan fingerprint density at radius 3 is 2.63 bits per heavy atom. The van der Waals surface area contributed by atoms with Gasteiger partial charge < -0.3 is 18.9 Å². The maximum absolute atomic E-state index is 12.2. The fraction of sp³-hybridized carbons (Fsp3) is 0.550. The van der Waals surface area contributed by atoms with Gasteiger partial charge in [-0.15, -0.1) is 0 Å². The van der Waals surface area contributed by atoms with Crippen molar-refractivity contribution in [2.24, 2.45) is 0 Å². The van der Waals surface area contributed by atoms with Gasteiger partial charge in [0.2, 0.25) is 11.7 Å². The van der Waals surface area contributed by atoms with E-state index in [9.17, 15) is 4.79 Å². The largest absolute Gasteiger partial charge is 0.493 e. The summed E-state index contributed by atoms with van der Waals surface area (Å²) in [6.45, 7) is 9.37. The molecule has 0 spiro atoms. The molecule has 0 aliphatic carbocycles. The lowest BCUT2D eigenvalue weighted by atomic mass is 9.97. The fourth-order valence-electron chi connectivity index (χ4n) is 3.08. The highest BCUT2D eigenvalue weighted by Crippen LogP contribution is 2.32. The lowest BCUT2D eigenvalue weighted by Crippen LogP contribution is -2.41. The smallest absolute Gasteiger partial charge is 0.410 e. The van der Waals surface area contributed by atoms with Crippen LogP contribution in [0.5, 0.6) is 5.75 Å². The minimum atomic E-state index is -0.483. The van der Waals surface area contributed by atoms with Crippen molar-refractivity contribution in [2.45, 2.75) is 52.1 Å². The van der Waals surface area contributed by atoms with Gasteiger partial charge in [-0.2, -0.15) is 4.98 Å². The van der Waals surface area contributed by atoms with Gasteiger partial charge in [0.05, 0.1) is 12.2 Å². The lowest BCUT2D eigenvalue weighted by Gasteiger charge is -2.32. The quantitative estimate of drug-likeness (QED) is 0.797. The molecule has 0 radical (unpaired) electrons. The molecule has 0 unspecified atom stereocenters. The van der Waals surface area contributed by atoms with E-state index < -0.39 is 5.60 Å². The summed E-state index contributed by atoms with van der Waals surface area (Å²) in [7, 11) is 0. The number of hydrogen-bond donors (Lipinski definition) is 0. The number of amides is 1. The molecule has 1 aromatic carbocycles. The van der Waals surface area contributed by atoms with Crippen molar-refractivity contribution in [1.29, 1.82) is 0 Å². The van der Waals surface area contributed by atoms with Crippen molar-refractivity contribution in [3.8, 4) is 17.1 Å². The summed E-state index contributed by atoms with van der Waals surface area (Å²) in [5, 5.41) is 4.14. The van der Waals surface area contributed by atoms with E-state index in [-0.39, 0.29) is 12.0 Å². The van der Waals surface area contributed by atoms with Crippen molar-refractivity contribution in [2.75, 3.05) is 19.7 Å². The van der Waals surface area contributed by atoms with Crippen LogP contribution < -0.4 is 4.74 Å². The van der Waals surface area contributed by atoms with Gasteiger partial charge in [0.1, 0.15) is 11.4 Å². The summed E-state index contributed by atoms with van der Waals surface area (Å²) < 4.78 is 16.6. The SMILES string of the molecule is CCOc1ccccc1-c1noc(C2CCN(C(=O)OC(C)(C)C)CC2)n1. The van der Waals surface area contributed by atoms with Gasteiger partial charge in [-0.1, -0.05) is 17.3 Å². The Hall–Kier alpha value is -2.57. The van der Waals surface area contributed by atoms with Crippen LogP contribution in [0, 0.1) is 0 Å². The molecule has 0 saturated carbocycles. The number of nitrogens with zero attached hydrogens (tertiary/aromatic N) is 3. The molecular weight excluding hydrogens is 346 g/mol. The fourth-order valence-corrected chi connectivity index (χ4v) is 3.08. The molecule has 3 rings (SSSR count). The number of aromatic nitrogens is 2. The highest BCUT2D eigenvalue weighted by molar-refractivity contribution is 5.68. The highest BCUT2D eigenvalue weighted by atomic mass is 16.6. The van der Waals surface area contributed by atoms with Crippen LogP contribution in [0.3, 0.4) is 0 Å². The first kappa shape index (κ1) is 19.2. The molecule has 7 nitrogen and oxygen atoms in total. The van der Waals surface area contributed by atoms with Gasteiger partial charge in [0.25, 0.3) is 0 Å². The van der Waals surface area contributed by atoms with Crippen LogP contribution in [0.2, 0.25) is 0 Å². The molecule has 1 saturated heterocycles. The Balaban J connectivity index is 1.64. The monoisotopic (exact) mass is 373 g/mol. The van der Waals surface area contributed by atoms with Crippen LogP contribution in [0.1, 0.15) is 52.3 Å². The molecule has 7 heteroatoms. The van der Waals surface area contributed by atoms with Crippen molar-refractivity contribution in [3.63, 3.8) is 0 Å². The third-order valence-corrected chi connectivity index (χ3v) is 4.37. The van der Waals surface area contributed by atoms with Crippen LogP contribution in [0.4, 0.5) is 4.79 Å². The van der Waals surface area contributed by atoms with E-state index in [4.69, 9.17) is 14.0 Å². The first-order valence-electron chi connectivity index (χ1n) is 9.41. The van der Waals surface area contributed by atoms with Crippen molar-refractivity contribution >= 4 is 6.09 Å². The predicted octanol–water partition coefficient (Wildman–Crippen LogP) is 4.25. The van der Waals surface area contributed by atoms with Crippen LogP contribution in [0.25, 0.3) is 11.4 Å². The Morgan fingerprint density at radius 1 is 1.26 bits per heavy atom. The number of rotatable bonds is 4. The molecule has 1 aliphatic heterocycles. The van der Waals surface area contributed by atoms with E-state index in [1.165, 1.54) is 0 Å². The van der Waals surface area contributed by atoms with E-state index in [0.29, 0.717) is 31.4 Å². The van der Waals surface area contributed by atoms with E-state index in [1.807, 2.05) is 52.0 Å². The van der Waals surface area contributed by atoms with Gasteiger partial charge in [-0.05, 0) is 52.7 Å². The number of carbonyl (C=O) groups is 1. The van der Waals surface area contributed by atoms with Gasteiger partial charge in [-0.25, -0.2) is 4.79 Å². The van der Waals surface area contributed by atoms with Gasteiger partial charge in [0.15, 0.2) is 0 Å². The van der Waals surface area contributed by atoms with Gasteiger partial charge >= 0.3 is 6.09 Å². The second kappa shape index (κ2) is 7.98. The molecule has 1 amide bonds. The Kier molecular flexibility index (Phi) is 5.68. The lowest BCUT2D eigenvalue weighted by molar-refractivity contribution is 0.0198. The second-order valence-electron chi connectivity index (χ2n) is 7.63. The molecule has 1 aliphatic rings. The first-order valence-corrected chi connectivity index (χ1v) is 9.41. The summed E-state index contributed by atoms with van der Waals surface area (Å²) in [6.07, 6.45) is 1.28. The number of carbonyl (C=O) groups excluding carboxylic acids is 1. The van der Waals surface area contributed by atoms with Gasteiger partial charge in [0, 0.05) is 19.0 Å². The third kappa shape index (κ3) is 4.78. The van der Waals surface area contributed by atoms with E-state index >= 15 is 0 Å². The summed E-state index contributed by atoms with van der Waals surface area (Å²) in [5.41, 5.74) is 0.337. The molecule has 2 heterocycles. The number of piperidine rings is 1. The van der Waals surface area contributed by atoms with Crippen molar-refractivity contribution in [1.82, 2.24) is 15.0 Å². The molecule has 0 N–H and O–H groups in total. The predicted molar refractivity (Wildman–Crippen MR) is 101 cm³/mol. The molecule has 27 heavy (non-hydrogen) atoms. The number of hydrogen-bond acceptors (Lipinski definition) is 6. The average Bonchev–Trinajstić information content (AvgIpc) is 3.11. The molecule has 1 fully saturated rings. The van der Waals surface area contributed by atoms with Crippen LogP contribution in [-0.4, -0.2) is 46.4 Å². The third-order valence-electron chi connectivity index (χ3n) is 4.37. The number of ether oxygens (including phenoxy) is 2. The van der Waals surface area contributed by atoms with E-state index in [0.717, 1.165) is 24.2 Å². The van der Waals surface area contributed by atoms with Crippen molar-refractivity contribution < 1.29 is 18.8 Å². The molecule has 0 bridgehead atoms. The van der Waals surface area contributed by atoms with E-state index in [1.54, 1.807) is 4.90 Å². The van der Waals surface area contributed by atoms with Gasteiger partial charge in [-0.3, -0.25) is 0 Å². The molecule has 2 aromatic rings. The van der Waals surface area contributed by atoms with E-state index in [2.05, 4.69) is 10.1 Å². The first-order chi connectivity index (χ1) is 12.9.